The predicted octanol–water partition coefficient (Wildman–Crippen LogP) is 0.0338. The summed E-state index contributed by atoms with van der Waals surface area (Å²) in [5.74, 6) is -3.48. The quantitative estimate of drug-likeness (QED) is 0.305. The Balaban J connectivity index is 4.38. The summed E-state index contributed by atoms with van der Waals surface area (Å²) in [6.07, 6.45) is -0.328. The minimum absolute atomic E-state index is 0.147. The fourth-order valence-electron chi connectivity index (χ4n) is 1.16. The molecule has 0 aliphatic heterocycles. The van der Waals surface area contributed by atoms with E-state index in [0.29, 0.717) is 0 Å². The molecular weight excluding hydrogens is 237 g/mol. The van der Waals surface area contributed by atoms with Crippen molar-refractivity contribution in [1.82, 2.24) is 0 Å². The molecular formula is C8H15NO6P+. The minimum Gasteiger partial charge on any atom is -0.481 e. The van der Waals surface area contributed by atoms with Gasteiger partial charge in [-0.3, -0.25) is 9.59 Å². The van der Waals surface area contributed by atoms with Gasteiger partial charge in [-0.2, -0.15) is 0 Å². The summed E-state index contributed by atoms with van der Waals surface area (Å²) in [6, 6.07) is 0. The van der Waals surface area contributed by atoms with Crippen LogP contribution in [0.5, 0.6) is 0 Å². The summed E-state index contributed by atoms with van der Waals surface area (Å²) >= 11 is 0. The van der Waals surface area contributed by atoms with Crippen LogP contribution >= 0.6 is 7.72 Å². The molecule has 0 heterocycles. The van der Waals surface area contributed by atoms with E-state index in [9.17, 15) is 19.4 Å². The molecule has 0 radical (unpaired) electrons. The molecule has 0 saturated heterocycles. The standard InChI is InChI=1S/C8H14NO6P/c9-3-4-16(14,15)5-6(8(12)13)1-2-7(10)11/h3,6,9,14-15H,1-2,4-5H2,(H-,10,11,12,13)/p+1. The molecule has 0 aliphatic carbocycles. The lowest BCUT2D eigenvalue weighted by Gasteiger charge is -2.15. The molecule has 16 heavy (non-hydrogen) atoms. The summed E-state index contributed by atoms with van der Waals surface area (Å²) in [4.78, 5) is 39.8. The Labute approximate surface area is 92.7 Å². The Morgan fingerprint density at radius 3 is 2.25 bits per heavy atom. The fraction of sp³-hybridized carbons (Fsp3) is 0.625. The zero-order valence-corrected chi connectivity index (χ0v) is 9.43. The molecule has 0 saturated carbocycles. The maximum absolute atomic E-state index is 10.7. The SMILES string of the molecule is N=CC[P+](O)(O)CC(CCC(=O)O)C(=O)O. The molecule has 8 heteroatoms. The van der Waals surface area contributed by atoms with Crippen LogP contribution < -0.4 is 0 Å². The topological polar surface area (TPSA) is 139 Å². The molecule has 1 unspecified atom stereocenters. The second-order valence-corrected chi connectivity index (χ2v) is 5.90. The first-order valence-electron chi connectivity index (χ1n) is 4.54. The largest absolute Gasteiger partial charge is 0.481 e. The van der Waals surface area contributed by atoms with E-state index in [4.69, 9.17) is 15.6 Å². The number of rotatable bonds is 8. The number of hydrogen-bond donors (Lipinski definition) is 5. The van der Waals surface area contributed by atoms with E-state index in [2.05, 4.69) is 0 Å². The van der Waals surface area contributed by atoms with Gasteiger partial charge in [-0.05, 0) is 6.42 Å². The zero-order chi connectivity index (χ0) is 12.8. The van der Waals surface area contributed by atoms with Crippen molar-refractivity contribution in [3.05, 3.63) is 0 Å². The number of carboxylic acids is 2. The van der Waals surface area contributed by atoms with Crippen LogP contribution in [-0.4, -0.2) is 50.5 Å². The summed E-state index contributed by atoms with van der Waals surface area (Å²) in [5.41, 5.74) is 0. The van der Waals surface area contributed by atoms with E-state index >= 15 is 0 Å². The average Bonchev–Trinajstić information content (AvgIpc) is 2.11. The van der Waals surface area contributed by atoms with Gasteiger partial charge in [-0.1, -0.05) is 0 Å². The Hall–Kier alpha value is -1.04. The predicted molar refractivity (Wildman–Crippen MR) is 57.9 cm³/mol. The Morgan fingerprint density at radius 1 is 1.31 bits per heavy atom. The van der Waals surface area contributed by atoms with Crippen molar-refractivity contribution in [2.24, 2.45) is 5.92 Å². The van der Waals surface area contributed by atoms with Gasteiger partial charge in [-0.15, -0.1) is 0 Å². The maximum Gasteiger partial charge on any atom is 0.310 e. The first kappa shape index (κ1) is 15.0. The van der Waals surface area contributed by atoms with Gasteiger partial charge < -0.3 is 15.6 Å². The van der Waals surface area contributed by atoms with E-state index in [1.807, 2.05) is 0 Å². The molecule has 0 aliphatic rings. The Kier molecular flexibility index (Phi) is 6.10. The van der Waals surface area contributed by atoms with Gasteiger partial charge in [0.25, 0.3) is 7.72 Å². The minimum atomic E-state index is -3.43. The lowest BCUT2D eigenvalue weighted by Crippen LogP contribution is -2.22. The van der Waals surface area contributed by atoms with E-state index in [-0.39, 0.29) is 25.2 Å². The van der Waals surface area contributed by atoms with Gasteiger partial charge in [0, 0.05) is 12.6 Å². The molecule has 0 fully saturated rings. The van der Waals surface area contributed by atoms with Crippen LogP contribution in [0.25, 0.3) is 0 Å². The molecule has 92 valence electrons. The van der Waals surface area contributed by atoms with Crippen molar-refractivity contribution in [3.8, 4) is 0 Å². The molecule has 0 spiro atoms. The first-order chi connectivity index (χ1) is 7.28. The normalized spacial score (nSPS) is 13.1. The molecule has 7 nitrogen and oxygen atoms in total. The number of nitrogens with one attached hydrogen (secondary N) is 1. The molecule has 5 N–H and O–H groups in total. The average molecular weight is 252 g/mol. The van der Waals surface area contributed by atoms with Gasteiger partial charge >= 0.3 is 11.9 Å². The lowest BCUT2D eigenvalue weighted by molar-refractivity contribution is -0.142. The molecule has 1 atom stereocenters. The van der Waals surface area contributed by atoms with Crippen molar-refractivity contribution in [3.63, 3.8) is 0 Å². The highest BCUT2D eigenvalue weighted by Crippen LogP contribution is 2.50. The third-order valence-electron chi connectivity index (χ3n) is 1.95. The fourth-order valence-corrected chi connectivity index (χ4v) is 2.65. The second kappa shape index (κ2) is 6.52. The Morgan fingerprint density at radius 2 is 1.88 bits per heavy atom. The van der Waals surface area contributed by atoms with Crippen molar-refractivity contribution in [2.75, 3.05) is 12.3 Å². The van der Waals surface area contributed by atoms with Gasteiger partial charge in [0.15, 0.2) is 0 Å². The van der Waals surface area contributed by atoms with Crippen LogP contribution in [0.15, 0.2) is 0 Å². The van der Waals surface area contributed by atoms with Crippen molar-refractivity contribution in [2.45, 2.75) is 12.8 Å². The van der Waals surface area contributed by atoms with Gasteiger partial charge in [-0.25, -0.2) is 9.79 Å². The smallest absolute Gasteiger partial charge is 0.310 e. The van der Waals surface area contributed by atoms with Gasteiger partial charge in [0.2, 0.25) is 0 Å². The highest BCUT2D eigenvalue weighted by molar-refractivity contribution is 7.65. The number of hydrogen-bond acceptors (Lipinski definition) is 5. The van der Waals surface area contributed by atoms with Crippen molar-refractivity contribution in [1.29, 1.82) is 5.41 Å². The third kappa shape index (κ3) is 6.44. The van der Waals surface area contributed by atoms with Crippen LogP contribution in [0.4, 0.5) is 0 Å². The molecule has 0 bridgehead atoms. The molecule has 0 rings (SSSR count). The molecule has 0 aromatic rings. The summed E-state index contributed by atoms with van der Waals surface area (Å²) in [7, 11) is -3.43. The highest BCUT2D eigenvalue weighted by atomic mass is 31.2. The summed E-state index contributed by atoms with van der Waals surface area (Å²) in [6.45, 7) is 0. The van der Waals surface area contributed by atoms with Gasteiger partial charge in [0.05, 0.1) is 5.92 Å². The van der Waals surface area contributed by atoms with E-state index in [0.717, 1.165) is 6.21 Å². The monoisotopic (exact) mass is 252 g/mol. The van der Waals surface area contributed by atoms with E-state index in [1.54, 1.807) is 0 Å². The lowest BCUT2D eigenvalue weighted by atomic mass is 10.1. The summed E-state index contributed by atoms with van der Waals surface area (Å²) in [5, 5.41) is 23.9. The summed E-state index contributed by atoms with van der Waals surface area (Å²) < 4.78 is 0. The zero-order valence-electron chi connectivity index (χ0n) is 8.54. The number of carbonyl (C=O) groups is 2. The highest BCUT2D eigenvalue weighted by Gasteiger charge is 2.38. The van der Waals surface area contributed by atoms with Crippen LogP contribution in [-0.2, 0) is 9.59 Å². The van der Waals surface area contributed by atoms with Crippen LogP contribution in [0.1, 0.15) is 12.8 Å². The maximum atomic E-state index is 10.7. The van der Waals surface area contributed by atoms with Gasteiger partial charge in [0.1, 0.15) is 12.3 Å². The van der Waals surface area contributed by atoms with Crippen molar-refractivity contribution >= 4 is 25.9 Å². The first-order valence-corrected chi connectivity index (χ1v) is 6.61. The van der Waals surface area contributed by atoms with Crippen LogP contribution in [0.2, 0.25) is 0 Å². The molecule has 0 amide bonds. The second-order valence-electron chi connectivity index (χ2n) is 3.42. The number of aliphatic carboxylic acids is 2. The Bertz CT molecular complexity index is 280. The van der Waals surface area contributed by atoms with Crippen molar-refractivity contribution < 1.29 is 29.6 Å². The number of carboxylic acid groups (broad SMARTS) is 2. The van der Waals surface area contributed by atoms with E-state index in [1.165, 1.54) is 0 Å². The molecule has 0 aromatic heterocycles. The third-order valence-corrected chi connectivity index (χ3v) is 3.75. The molecule has 0 aromatic carbocycles. The van der Waals surface area contributed by atoms with Crippen LogP contribution in [0.3, 0.4) is 0 Å². The van der Waals surface area contributed by atoms with Crippen LogP contribution in [0, 0.1) is 11.3 Å². The van der Waals surface area contributed by atoms with E-state index < -0.39 is 25.6 Å².